The second-order valence-corrected chi connectivity index (χ2v) is 7.60. The Bertz CT molecular complexity index is 569. The Kier molecular flexibility index (Phi) is 5.73. The number of hydrogen-bond acceptors (Lipinski definition) is 3. The van der Waals surface area contributed by atoms with Crippen molar-refractivity contribution >= 4 is 31.9 Å². The van der Waals surface area contributed by atoms with Crippen LogP contribution in [0.4, 0.5) is 0 Å². The van der Waals surface area contributed by atoms with Crippen molar-refractivity contribution in [3.05, 3.63) is 28.7 Å². The molecular formula is C13H18BrNO4S. The number of rotatable bonds is 6. The van der Waals surface area contributed by atoms with E-state index in [1.54, 1.807) is 26.0 Å². The summed E-state index contributed by atoms with van der Waals surface area (Å²) in [6.07, 6.45) is 0. The molecule has 0 amide bonds. The van der Waals surface area contributed by atoms with Crippen molar-refractivity contribution in [3.8, 4) is 0 Å². The van der Waals surface area contributed by atoms with Gasteiger partial charge in [0.1, 0.15) is 0 Å². The number of nitrogens with one attached hydrogen (secondary N) is 1. The molecular weight excluding hydrogens is 346 g/mol. The molecule has 2 unspecified atom stereocenters. The van der Waals surface area contributed by atoms with Crippen LogP contribution in [0.25, 0.3) is 0 Å². The van der Waals surface area contributed by atoms with Crippen LogP contribution in [-0.4, -0.2) is 25.5 Å². The van der Waals surface area contributed by atoms with Crippen molar-refractivity contribution in [3.63, 3.8) is 0 Å². The van der Waals surface area contributed by atoms with Crippen LogP contribution in [0.15, 0.2) is 33.6 Å². The van der Waals surface area contributed by atoms with Crippen molar-refractivity contribution in [2.24, 2.45) is 11.8 Å². The van der Waals surface area contributed by atoms with E-state index in [1.807, 2.05) is 0 Å². The first-order valence-electron chi connectivity index (χ1n) is 6.16. The van der Waals surface area contributed by atoms with Gasteiger partial charge >= 0.3 is 5.97 Å². The number of carbonyl (C=O) groups is 1. The van der Waals surface area contributed by atoms with E-state index in [1.165, 1.54) is 19.1 Å². The zero-order valence-electron chi connectivity index (χ0n) is 11.5. The average Bonchev–Trinajstić information content (AvgIpc) is 2.35. The number of carboxylic acids is 1. The van der Waals surface area contributed by atoms with E-state index < -0.39 is 28.0 Å². The Morgan fingerprint density at radius 3 is 2.10 bits per heavy atom. The minimum absolute atomic E-state index is 0.115. The van der Waals surface area contributed by atoms with Crippen molar-refractivity contribution in [2.45, 2.75) is 31.7 Å². The van der Waals surface area contributed by atoms with Gasteiger partial charge in [-0.3, -0.25) is 4.79 Å². The fraction of sp³-hybridized carbons (Fsp3) is 0.462. The lowest BCUT2D eigenvalue weighted by Crippen LogP contribution is -2.45. The second-order valence-electron chi connectivity index (χ2n) is 4.97. The molecule has 2 N–H and O–H groups in total. The lowest BCUT2D eigenvalue weighted by Gasteiger charge is -2.25. The molecule has 112 valence electrons. The summed E-state index contributed by atoms with van der Waals surface area (Å²) >= 11 is 3.24. The molecule has 2 atom stereocenters. The van der Waals surface area contributed by atoms with Gasteiger partial charge in [-0.1, -0.05) is 36.7 Å². The molecule has 0 aliphatic heterocycles. The third-order valence-corrected chi connectivity index (χ3v) is 5.07. The molecule has 1 aromatic rings. The Hall–Kier alpha value is -0.920. The molecule has 0 aliphatic rings. The molecule has 0 radical (unpaired) electrons. The van der Waals surface area contributed by atoms with Crippen LogP contribution in [0.1, 0.15) is 20.8 Å². The van der Waals surface area contributed by atoms with Gasteiger partial charge in [0.2, 0.25) is 10.0 Å². The summed E-state index contributed by atoms with van der Waals surface area (Å²) in [6.45, 7) is 5.07. The van der Waals surface area contributed by atoms with Gasteiger partial charge in [-0.05, 0) is 30.2 Å². The molecule has 0 aliphatic carbocycles. The lowest BCUT2D eigenvalue weighted by atomic mass is 9.93. The van der Waals surface area contributed by atoms with E-state index in [-0.39, 0.29) is 10.8 Å². The topological polar surface area (TPSA) is 83.5 Å². The van der Waals surface area contributed by atoms with Crippen LogP contribution in [0.3, 0.4) is 0 Å². The molecule has 0 spiro atoms. The Morgan fingerprint density at radius 2 is 1.70 bits per heavy atom. The summed E-state index contributed by atoms with van der Waals surface area (Å²) in [6, 6.07) is 5.52. The highest BCUT2D eigenvalue weighted by molar-refractivity contribution is 9.10. The third-order valence-electron chi connectivity index (χ3n) is 3.06. The maximum atomic E-state index is 12.3. The average molecular weight is 364 g/mol. The summed E-state index contributed by atoms with van der Waals surface area (Å²) in [5.41, 5.74) is 0. The van der Waals surface area contributed by atoms with Gasteiger partial charge in [-0.25, -0.2) is 13.1 Å². The van der Waals surface area contributed by atoms with E-state index in [9.17, 15) is 13.2 Å². The van der Waals surface area contributed by atoms with Crippen LogP contribution in [0, 0.1) is 11.8 Å². The highest BCUT2D eigenvalue weighted by Crippen LogP contribution is 2.19. The molecule has 0 bridgehead atoms. The highest BCUT2D eigenvalue weighted by Gasteiger charge is 2.30. The number of aliphatic carboxylic acids is 1. The molecule has 20 heavy (non-hydrogen) atoms. The normalized spacial score (nSPS) is 15.1. The lowest BCUT2D eigenvalue weighted by molar-refractivity contribution is -0.142. The van der Waals surface area contributed by atoms with Crippen LogP contribution >= 0.6 is 15.9 Å². The van der Waals surface area contributed by atoms with Crippen molar-refractivity contribution in [2.75, 3.05) is 0 Å². The smallest absolute Gasteiger partial charge is 0.307 e. The van der Waals surface area contributed by atoms with Crippen molar-refractivity contribution in [1.29, 1.82) is 0 Å². The quantitative estimate of drug-likeness (QED) is 0.812. The molecule has 0 heterocycles. The van der Waals surface area contributed by atoms with Gasteiger partial charge in [0, 0.05) is 10.5 Å². The minimum atomic E-state index is -3.73. The maximum Gasteiger partial charge on any atom is 0.307 e. The predicted octanol–water partition coefficient (Wildman–Crippen LogP) is 2.47. The Balaban J connectivity index is 3.03. The van der Waals surface area contributed by atoms with Gasteiger partial charge in [0.05, 0.1) is 10.8 Å². The molecule has 0 fully saturated rings. The highest BCUT2D eigenvalue weighted by atomic mass is 79.9. The standard InChI is InChI=1S/C13H18BrNO4S/c1-8(2)12(9(3)13(16)17)15-20(18,19)11-6-4-10(14)5-7-11/h4-9,12,15H,1-3H3,(H,16,17). The fourth-order valence-electron chi connectivity index (χ4n) is 1.83. The zero-order chi connectivity index (χ0) is 15.5. The van der Waals surface area contributed by atoms with E-state index in [0.717, 1.165) is 4.47 Å². The summed E-state index contributed by atoms with van der Waals surface area (Å²) in [4.78, 5) is 11.2. The van der Waals surface area contributed by atoms with Gasteiger partial charge in [0.25, 0.3) is 0 Å². The third kappa shape index (κ3) is 4.29. The van der Waals surface area contributed by atoms with Gasteiger partial charge < -0.3 is 5.11 Å². The van der Waals surface area contributed by atoms with Gasteiger partial charge in [-0.2, -0.15) is 0 Å². The van der Waals surface area contributed by atoms with Crippen LogP contribution in [0.5, 0.6) is 0 Å². The SMILES string of the molecule is CC(C)C(NS(=O)(=O)c1ccc(Br)cc1)C(C)C(=O)O. The molecule has 0 aromatic heterocycles. The first-order chi connectivity index (χ1) is 9.15. The fourth-order valence-corrected chi connectivity index (χ4v) is 3.56. The Morgan fingerprint density at radius 1 is 1.20 bits per heavy atom. The van der Waals surface area contributed by atoms with Crippen molar-refractivity contribution in [1.82, 2.24) is 4.72 Å². The number of benzene rings is 1. The largest absolute Gasteiger partial charge is 0.481 e. The van der Waals surface area contributed by atoms with E-state index >= 15 is 0 Å². The van der Waals surface area contributed by atoms with E-state index in [4.69, 9.17) is 5.11 Å². The monoisotopic (exact) mass is 363 g/mol. The van der Waals surface area contributed by atoms with E-state index in [0.29, 0.717) is 0 Å². The number of hydrogen-bond donors (Lipinski definition) is 2. The molecule has 5 nitrogen and oxygen atoms in total. The molecule has 1 aromatic carbocycles. The summed E-state index contributed by atoms with van der Waals surface area (Å²) in [5, 5.41) is 9.06. The summed E-state index contributed by atoms with van der Waals surface area (Å²) in [7, 11) is -3.73. The van der Waals surface area contributed by atoms with Gasteiger partial charge in [-0.15, -0.1) is 0 Å². The van der Waals surface area contributed by atoms with Crippen LogP contribution in [0.2, 0.25) is 0 Å². The van der Waals surface area contributed by atoms with Crippen LogP contribution in [-0.2, 0) is 14.8 Å². The molecule has 1 rings (SSSR count). The van der Waals surface area contributed by atoms with Crippen LogP contribution < -0.4 is 4.72 Å². The van der Waals surface area contributed by atoms with Crippen molar-refractivity contribution < 1.29 is 18.3 Å². The molecule has 0 saturated carbocycles. The van der Waals surface area contributed by atoms with Gasteiger partial charge in [0.15, 0.2) is 0 Å². The predicted molar refractivity (Wildman–Crippen MR) is 79.9 cm³/mol. The minimum Gasteiger partial charge on any atom is -0.481 e. The number of carboxylic acid groups (broad SMARTS) is 1. The molecule has 0 saturated heterocycles. The van der Waals surface area contributed by atoms with E-state index in [2.05, 4.69) is 20.7 Å². The summed E-state index contributed by atoms with van der Waals surface area (Å²) < 4.78 is 27.8. The first kappa shape index (κ1) is 17.1. The number of halogens is 1. The molecule has 7 heteroatoms. The Labute approximate surface area is 127 Å². The maximum absolute atomic E-state index is 12.3. The first-order valence-corrected chi connectivity index (χ1v) is 8.43. The second kappa shape index (κ2) is 6.69. The zero-order valence-corrected chi connectivity index (χ0v) is 13.9. The summed E-state index contributed by atoms with van der Waals surface area (Å²) in [5.74, 6) is -1.96. The number of sulfonamides is 1.